The van der Waals surface area contributed by atoms with E-state index in [4.69, 9.17) is 5.11 Å². The summed E-state index contributed by atoms with van der Waals surface area (Å²) < 4.78 is 0. The van der Waals surface area contributed by atoms with Gasteiger partial charge in [-0.1, -0.05) is 30.3 Å². The standard InChI is InChI=1S/C11H16NO/c1-10(12-7-8-13)9-11-5-3-2-4-6-11/h2-6,10,12-13H,1,7-9H2. The van der Waals surface area contributed by atoms with Crippen molar-refractivity contribution in [1.82, 2.24) is 5.32 Å². The lowest BCUT2D eigenvalue weighted by atomic mass is 10.1. The van der Waals surface area contributed by atoms with E-state index in [1.807, 2.05) is 18.2 Å². The fourth-order valence-corrected chi connectivity index (χ4v) is 1.24. The molecule has 0 aliphatic rings. The number of hydrogen-bond donors (Lipinski definition) is 2. The van der Waals surface area contributed by atoms with Gasteiger partial charge in [-0.2, -0.15) is 0 Å². The number of hydrogen-bond acceptors (Lipinski definition) is 2. The predicted octanol–water partition coefficient (Wildman–Crippen LogP) is 1.01. The summed E-state index contributed by atoms with van der Waals surface area (Å²) in [5.41, 5.74) is 1.27. The highest BCUT2D eigenvalue weighted by Crippen LogP contribution is 2.01. The Balaban J connectivity index is 2.32. The Morgan fingerprint density at radius 1 is 1.31 bits per heavy atom. The van der Waals surface area contributed by atoms with Gasteiger partial charge in [-0.05, 0) is 18.9 Å². The lowest BCUT2D eigenvalue weighted by Gasteiger charge is -2.12. The van der Waals surface area contributed by atoms with Gasteiger partial charge in [-0.25, -0.2) is 0 Å². The highest BCUT2D eigenvalue weighted by molar-refractivity contribution is 5.16. The van der Waals surface area contributed by atoms with Gasteiger partial charge in [0, 0.05) is 12.6 Å². The van der Waals surface area contributed by atoms with Gasteiger partial charge in [0.1, 0.15) is 0 Å². The molecule has 1 rings (SSSR count). The van der Waals surface area contributed by atoms with Gasteiger partial charge in [0.05, 0.1) is 6.61 Å². The molecule has 0 aliphatic carbocycles. The summed E-state index contributed by atoms with van der Waals surface area (Å²) in [6.45, 7) is 4.73. The van der Waals surface area contributed by atoms with Gasteiger partial charge < -0.3 is 10.4 Å². The molecule has 2 N–H and O–H groups in total. The zero-order chi connectivity index (χ0) is 9.52. The first-order valence-electron chi connectivity index (χ1n) is 4.54. The summed E-state index contributed by atoms with van der Waals surface area (Å²) in [6, 6.07) is 10.4. The lowest BCUT2D eigenvalue weighted by molar-refractivity contribution is 0.288. The zero-order valence-corrected chi connectivity index (χ0v) is 7.74. The van der Waals surface area contributed by atoms with Crippen molar-refractivity contribution >= 4 is 0 Å². The first kappa shape index (κ1) is 10.2. The van der Waals surface area contributed by atoms with Crippen LogP contribution in [0.4, 0.5) is 0 Å². The third-order valence-electron chi connectivity index (χ3n) is 1.87. The average molecular weight is 178 g/mol. The van der Waals surface area contributed by atoms with Crippen LogP contribution in [0.3, 0.4) is 0 Å². The van der Waals surface area contributed by atoms with Gasteiger partial charge in [0.2, 0.25) is 0 Å². The molecular formula is C11H16NO. The maximum absolute atomic E-state index is 8.59. The molecule has 0 spiro atoms. The molecule has 1 aromatic carbocycles. The van der Waals surface area contributed by atoms with Crippen LogP contribution in [0.1, 0.15) is 5.56 Å². The third-order valence-corrected chi connectivity index (χ3v) is 1.87. The predicted molar refractivity (Wildman–Crippen MR) is 54.4 cm³/mol. The van der Waals surface area contributed by atoms with E-state index < -0.39 is 0 Å². The van der Waals surface area contributed by atoms with Crippen LogP contribution in [0.25, 0.3) is 0 Å². The van der Waals surface area contributed by atoms with Gasteiger partial charge in [0.25, 0.3) is 0 Å². The summed E-state index contributed by atoms with van der Waals surface area (Å²) in [6.07, 6.45) is 0.904. The molecule has 0 amide bonds. The van der Waals surface area contributed by atoms with E-state index in [-0.39, 0.29) is 12.6 Å². The highest BCUT2D eigenvalue weighted by atomic mass is 16.3. The quantitative estimate of drug-likeness (QED) is 0.705. The molecule has 2 heteroatoms. The minimum absolute atomic E-state index is 0.167. The topological polar surface area (TPSA) is 32.3 Å². The van der Waals surface area contributed by atoms with Crippen LogP contribution >= 0.6 is 0 Å². The van der Waals surface area contributed by atoms with E-state index >= 15 is 0 Å². The number of aliphatic hydroxyl groups is 1. The second kappa shape index (κ2) is 5.73. The Labute approximate surface area is 79.6 Å². The third kappa shape index (κ3) is 4.06. The zero-order valence-electron chi connectivity index (χ0n) is 7.74. The Hall–Kier alpha value is -0.860. The molecule has 71 valence electrons. The first-order valence-corrected chi connectivity index (χ1v) is 4.54. The van der Waals surface area contributed by atoms with Crippen LogP contribution in [0.2, 0.25) is 0 Å². The van der Waals surface area contributed by atoms with Gasteiger partial charge >= 0.3 is 0 Å². The first-order chi connectivity index (χ1) is 6.33. The van der Waals surface area contributed by atoms with Crippen molar-refractivity contribution in [3.63, 3.8) is 0 Å². The summed E-state index contributed by atoms with van der Waals surface area (Å²) in [4.78, 5) is 0. The van der Waals surface area contributed by atoms with Gasteiger partial charge in [-0.3, -0.25) is 0 Å². The molecule has 1 aromatic rings. The van der Waals surface area contributed by atoms with Crippen molar-refractivity contribution < 1.29 is 5.11 Å². The molecule has 13 heavy (non-hydrogen) atoms. The molecule has 2 nitrogen and oxygen atoms in total. The van der Waals surface area contributed by atoms with E-state index in [9.17, 15) is 0 Å². The van der Waals surface area contributed by atoms with E-state index in [0.717, 1.165) is 6.42 Å². The molecule has 0 aliphatic heterocycles. The summed E-state index contributed by atoms with van der Waals surface area (Å²) >= 11 is 0. The van der Waals surface area contributed by atoms with Crippen molar-refractivity contribution in [3.8, 4) is 0 Å². The second-order valence-electron chi connectivity index (χ2n) is 3.06. The lowest BCUT2D eigenvalue weighted by Crippen LogP contribution is -2.30. The van der Waals surface area contributed by atoms with Gasteiger partial charge in [0.15, 0.2) is 0 Å². The van der Waals surface area contributed by atoms with E-state index in [1.165, 1.54) is 5.56 Å². The Morgan fingerprint density at radius 3 is 2.62 bits per heavy atom. The minimum Gasteiger partial charge on any atom is -0.395 e. The maximum atomic E-state index is 8.59. The molecule has 0 fully saturated rings. The summed E-state index contributed by atoms with van der Waals surface area (Å²) in [7, 11) is 0. The van der Waals surface area contributed by atoms with Gasteiger partial charge in [-0.15, -0.1) is 0 Å². The molecule has 0 saturated carbocycles. The fraction of sp³-hybridized carbons (Fsp3) is 0.364. The Bertz CT molecular complexity index is 223. The van der Waals surface area contributed by atoms with Crippen LogP contribution in [-0.4, -0.2) is 24.3 Å². The summed E-state index contributed by atoms with van der Waals surface area (Å²) in [5, 5.41) is 11.7. The molecule has 1 radical (unpaired) electrons. The smallest absolute Gasteiger partial charge is 0.0556 e. The monoisotopic (exact) mass is 178 g/mol. The van der Waals surface area contributed by atoms with Crippen LogP contribution in [0.15, 0.2) is 30.3 Å². The fourth-order valence-electron chi connectivity index (χ4n) is 1.24. The number of benzene rings is 1. The molecule has 0 saturated heterocycles. The van der Waals surface area contributed by atoms with E-state index in [2.05, 4.69) is 24.4 Å². The molecule has 0 heterocycles. The average Bonchev–Trinajstić information content (AvgIpc) is 2.16. The van der Waals surface area contributed by atoms with Crippen LogP contribution in [0, 0.1) is 6.92 Å². The molecule has 0 aromatic heterocycles. The molecule has 1 unspecified atom stereocenters. The Kier molecular flexibility index (Phi) is 4.50. The minimum atomic E-state index is 0.167. The maximum Gasteiger partial charge on any atom is 0.0556 e. The summed E-state index contributed by atoms with van der Waals surface area (Å²) in [5.74, 6) is 0. The number of nitrogens with one attached hydrogen (secondary N) is 1. The number of rotatable bonds is 5. The van der Waals surface area contributed by atoms with Crippen molar-refractivity contribution in [1.29, 1.82) is 0 Å². The second-order valence-corrected chi connectivity index (χ2v) is 3.06. The van der Waals surface area contributed by atoms with Crippen molar-refractivity contribution in [2.45, 2.75) is 12.5 Å². The molecule has 1 atom stereocenters. The highest BCUT2D eigenvalue weighted by Gasteiger charge is 2.00. The van der Waals surface area contributed by atoms with Crippen molar-refractivity contribution in [2.24, 2.45) is 0 Å². The number of aliphatic hydroxyl groups excluding tert-OH is 1. The Morgan fingerprint density at radius 2 is 2.00 bits per heavy atom. The van der Waals surface area contributed by atoms with Crippen molar-refractivity contribution in [2.75, 3.05) is 13.2 Å². The van der Waals surface area contributed by atoms with Crippen molar-refractivity contribution in [3.05, 3.63) is 42.8 Å². The molecule has 0 bridgehead atoms. The van der Waals surface area contributed by atoms with E-state index in [1.54, 1.807) is 0 Å². The normalized spacial score (nSPS) is 12.8. The molecular weight excluding hydrogens is 162 g/mol. The van der Waals surface area contributed by atoms with Crippen LogP contribution in [0.5, 0.6) is 0 Å². The SMILES string of the molecule is [CH2]C(Cc1ccccc1)NCCO. The van der Waals surface area contributed by atoms with Crippen LogP contribution in [-0.2, 0) is 6.42 Å². The van der Waals surface area contributed by atoms with Crippen LogP contribution < -0.4 is 5.32 Å². The van der Waals surface area contributed by atoms with E-state index in [0.29, 0.717) is 6.54 Å². The largest absolute Gasteiger partial charge is 0.395 e.